The van der Waals surface area contributed by atoms with Crippen molar-refractivity contribution in [3.05, 3.63) is 53.9 Å². The van der Waals surface area contributed by atoms with Gasteiger partial charge in [-0.25, -0.2) is 0 Å². The van der Waals surface area contributed by atoms with Crippen LogP contribution in [0.3, 0.4) is 0 Å². The van der Waals surface area contributed by atoms with Crippen LogP contribution >= 0.6 is 0 Å². The van der Waals surface area contributed by atoms with Gasteiger partial charge in [-0.3, -0.25) is 4.98 Å². The molecule has 0 amide bonds. The fourth-order valence-corrected chi connectivity index (χ4v) is 1.38. The zero-order valence-electron chi connectivity index (χ0n) is 9.61. The number of benzene rings is 1. The lowest BCUT2D eigenvalue weighted by atomic mass is 10.2. The summed E-state index contributed by atoms with van der Waals surface area (Å²) in [6.45, 7) is 0. The molecule has 1 aromatic heterocycles. The van der Waals surface area contributed by atoms with Crippen LogP contribution in [0.2, 0.25) is 0 Å². The molecule has 5 heteroatoms. The van der Waals surface area contributed by atoms with E-state index in [0.29, 0.717) is 11.3 Å². The lowest BCUT2D eigenvalue weighted by Gasteiger charge is -2.09. The van der Waals surface area contributed by atoms with Gasteiger partial charge in [-0.1, -0.05) is 5.92 Å². The van der Waals surface area contributed by atoms with Crippen molar-refractivity contribution in [2.75, 3.05) is 0 Å². The van der Waals surface area contributed by atoms with Gasteiger partial charge in [0.2, 0.25) is 0 Å². The van der Waals surface area contributed by atoms with E-state index in [1.807, 2.05) is 0 Å². The molecule has 1 aromatic carbocycles. The third kappa shape index (κ3) is 3.26. The van der Waals surface area contributed by atoms with Gasteiger partial charge >= 0.3 is 6.18 Å². The standard InChI is InChI=1S/C14H8F3NO/c1-2-10-3-5-11(6-4-10)19-12-7-8-18-13(9-12)14(15,16)17/h1,3-9H. The van der Waals surface area contributed by atoms with Crippen molar-refractivity contribution >= 4 is 0 Å². The molecule has 0 saturated carbocycles. The predicted molar refractivity (Wildman–Crippen MR) is 63.7 cm³/mol. The quantitative estimate of drug-likeness (QED) is 0.767. The van der Waals surface area contributed by atoms with Gasteiger partial charge in [-0.15, -0.1) is 6.42 Å². The average molecular weight is 263 g/mol. The Morgan fingerprint density at radius 3 is 2.32 bits per heavy atom. The molecule has 0 aliphatic heterocycles. The number of rotatable bonds is 2. The Kier molecular flexibility index (Phi) is 3.43. The Morgan fingerprint density at radius 2 is 1.74 bits per heavy atom. The van der Waals surface area contributed by atoms with E-state index in [9.17, 15) is 13.2 Å². The van der Waals surface area contributed by atoms with Crippen LogP contribution in [0.5, 0.6) is 11.5 Å². The van der Waals surface area contributed by atoms with Crippen LogP contribution < -0.4 is 4.74 Å². The number of hydrogen-bond donors (Lipinski definition) is 0. The van der Waals surface area contributed by atoms with Crippen molar-refractivity contribution in [1.29, 1.82) is 0 Å². The lowest BCUT2D eigenvalue weighted by molar-refractivity contribution is -0.141. The summed E-state index contributed by atoms with van der Waals surface area (Å²) in [4.78, 5) is 3.25. The Morgan fingerprint density at radius 1 is 1.05 bits per heavy atom. The molecular formula is C14H8F3NO. The van der Waals surface area contributed by atoms with Crippen molar-refractivity contribution in [1.82, 2.24) is 4.98 Å². The normalized spacial score (nSPS) is 10.8. The van der Waals surface area contributed by atoms with Crippen LogP contribution in [0, 0.1) is 12.3 Å². The Labute approximate surface area is 107 Å². The molecule has 0 N–H and O–H groups in total. The summed E-state index contributed by atoms with van der Waals surface area (Å²) in [7, 11) is 0. The topological polar surface area (TPSA) is 22.1 Å². The molecule has 96 valence electrons. The average Bonchev–Trinajstić information content (AvgIpc) is 2.39. The van der Waals surface area contributed by atoms with Gasteiger partial charge in [0.25, 0.3) is 0 Å². The van der Waals surface area contributed by atoms with E-state index in [-0.39, 0.29) is 5.75 Å². The van der Waals surface area contributed by atoms with E-state index < -0.39 is 11.9 Å². The zero-order chi connectivity index (χ0) is 13.9. The molecule has 0 aliphatic rings. The number of hydrogen-bond acceptors (Lipinski definition) is 2. The van der Waals surface area contributed by atoms with Crippen LogP contribution in [-0.2, 0) is 6.18 Å². The molecule has 0 fully saturated rings. The molecular weight excluding hydrogens is 255 g/mol. The molecule has 2 nitrogen and oxygen atoms in total. The number of terminal acetylenes is 1. The maximum atomic E-state index is 12.5. The van der Waals surface area contributed by atoms with Crippen molar-refractivity contribution < 1.29 is 17.9 Å². The van der Waals surface area contributed by atoms with E-state index in [1.165, 1.54) is 6.07 Å². The van der Waals surface area contributed by atoms with E-state index in [4.69, 9.17) is 11.2 Å². The lowest BCUT2D eigenvalue weighted by Crippen LogP contribution is -2.07. The first-order chi connectivity index (χ1) is 8.99. The predicted octanol–water partition coefficient (Wildman–Crippen LogP) is 3.87. The van der Waals surface area contributed by atoms with Gasteiger partial charge in [0.15, 0.2) is 0 Å². The van der Waals surface area contributed by atoms with Gasteiger partial charge in [0, 0.05) is 17.8 Å². The molecule has 2 aromatic rings. The van der Waals surface area contributed by atoms with Crippen LogP contribution in [0.25, 0.3) is 0 Å². The summed E-state index contributed by atoms with van der Waals surface area (Å²) in [5.41, 5.74) is -0.330. The number of pyridine rings is 1. The summed E-state index contributed by atoms with van der Waals surface area (Å²) >= 11 is 0. The second kappa shape index (κ2) is 5.02. The molecule has 0 unspecified atom stereocenters. The third-order valence-corrected chi connectivity index (χ3v) is 2.28. The Balaban J connectivity index is 2.21. The highest BCUT2D eigenvalue weighted by molar-refractivity contribution is 5.38. The fraction of sp³-hybridized carbons (Fsp3) is 0.0714. The van der Waals surface area contributed by atoms with Crippen LogP contribution in [0.1, 0.15) is 11.3 Å². The third-order valence-electron chi connectivity index (χ3n) is 2.28. The second-order valence-electron chi connectivity index (χ2n) is 3.65. The molecule has 0 aliphatic carbocycles. The molecule has 2 rings (SSSR count). The van der Waals surface area contributed by atoms with E-state index >= 15 is 0 Å². The number of nitrogens with zero attached hydrogens (tertiary/aromatic N) is 1. The zero-order valence-corrected chi connectivity index (χ0v) is 9.61. The van der Waals surface area contributed by atoms with Crippen LogP contribution in [0.15, 0.2) is 42.6 Å². The number of alkyl halides is 3. The summed E-state index contributed by atoms with van der Waals surface area (Å²) in [5, 5.41) is 0. The molecule has 0 bridgehead atoms. The smallest absolute Gasteiger partial charge is 0.433 e. The van der Waals surface area contributed by atoms with Gasteiger partial charge in [0.05, 0.1) is 0 Å². The van der Waals surface area contributed by atoms with Crippen LogP contribution in [0.4, 0.5) is 13.2 Å². The molecule has 0 radical (unpaired) electrons. The molecule has 1 heterocycles. The van der Waals surface area contributed by atoms with E-state index in [1.54, 1.807) is 24.3 Å². The van der Waals surface area contributed by atoms with Gasteiger partial charge < -0.3 is 4.74 Å². The van der Waals surface area contributed by atoms with Crippen molar-refractivity contribution in [3.8, 4) is 23.8 Å². The first kappa shape index (κ1) is 13.0. The second-order valence-corrected chi connectivity index (χ2v) is 3.65. The maximum Gasteiger partial charge on any atom is 0.433 e. The highest BCUT2D eigenvalue weighted by Crippen LogP contribution is 2.30. The molecule has 0 spiro atoms. The van der Waals surface area contributed by atoms with Gasteiger partial charge in [0.1, 0.15) is 17.2 Å². The summed E-state index contributed by atoms with van der Waals surface area (Å²) in [5.74, 6) is 2.90. The maximum absolute atomic E-state index is 12.5. The fourth-order valence-electron chi connectivity index (χ4n) is 1.38. The van der Waals surface area contributed by atoms with Gasteiger partial charge in [-0.2, -0.15) is 13.2 Å². The highest BCUT2D eigenvalue weighted by Gasteiger charge is 2.32. The molecule has 0 saturated heterocycles. The van der Waals surface area contributed by atoms with Crippen molar-refractivity contribution in [2.24, 2.45) is 0 Å². The van der Waals surface area contributed by atoms with E-state index in [0.717, 1.165) is 12.3 Å². The SMILES string of the molecule is C#Cc1ccc(Oc2ccnc(C(F)(F)F)c2)cc1. The first-order valence-corrected chi connectivity index (χ1v) is 5.27. The minimum atomic E-state index is -4.49. The minimum absolute atomic E-state index is 0.0655. The minimum Gasteiger partial charge on any atom is -0.457 e. The van der Waals surface area contributed by atoms with Gasteiger partial charge in [-0.05, 0) is 30.3 Å². The Hall–Kier alpha value is -2.48. The Bertz CT molecular complexity index is 612. The monoisotopic (exact) mass is 263 g/mol. The van der Waals surface area contributed by atoms with Crippen molar-refractivity contribution in [3.63, 3.8) is 0 Å². The molecule has 19 heavy (non-hydrogen) atoms. The number of halogens is 3. The highest BCUT2D eigenvalue weighted by atomic mass is 19.4. The van der Waals surface area contributed by atoms with Crippen molar-refractivity contribution in [2.45, 2.75) is 6.18 Å². The largest absolute Gasteiger partial charge is 0.457 e. The first-order valence-electron chi connectivity index (χ1n) is 5.27. The molecule has 0 atom stereocenters. The number of aromatic nitrogens is 1. The summed E-state index contributed by atoms with van der Waals surface area (Å²) in [6.07, 6.45) is 1.75. The van der Waals surface area contributed by atoms with Crippen LogP contribution in [-0.4, -0.2) is 4.98 Å². The summed E-state index contributed by atoms with van der Waals surface area (Å²) in [6, 6.07) is 8.65. The summed E-state index contributed by atoms with van der Waals surface area (Å²) < 4.78 is 42.7. The number of ether oxygens (including phenoxy) is 1. The van der Waals surface area contributed by atoms with E-state index in [2.05, 4.69) is 10.9 Å².